The molecule has 2 heterocycles. The van der Waals surface area contributed by atoms with Crippen LogP contribution in [0.4, 0.5) is 0 Å². The van der Waals surface area contributed by atoms with Crippen LogP contribution in [0, 0.1) is 0 Å². The van der Waals surface area contributed by atoms with Crippen molar-refractivity contribution in [3.05, 3.63) is 16.4 Å². The molecular formula is C13H21ClN4. The first-order chi connectivity index (χ1) is 8.63. The van der Waals surface area contributed by atoms with Gasteiger partial charge in [-0.1, -0.05) is 11.6 Å². The number of halogens is 1. The maximum atomic E-state index is 6.45. The molecule has 2 rings (SSSR count). The second kappa shape index (κ2) is 5.85. The minimum absolute atomic E-state index is 0.542. The van der Waals surface area contributed by atoms with Crippen molar-refractivity contribution < 1.29 is 0 Å². The summed E-state index contributed by atoms with van der Waals surface area (Å²) in [6.45, 7) is 11.6. The Balaban J connectivity index is 2.23. The van der Waals surface area contributed by atoms with Crippen LogP contribution in [0.1, 0.15) is 31.7 Å². The van der Waals surface area contributed by atoms with Crippen LogP contribution in [0.15, 0.2) is 4.99 Å². The summed E-state index contributed by atoms with van der Waals surface area (Å²) in [5.41, 5.74) is 2.12. The SMILES string of the molecule is C=NCCc1nn2c(c1Cl)CN(C(C)C)CCC2. The first-order valence-electron chi connectivity index (χ1n) is 6.54. The molecule has 1 aromatic heterocycles. The summed E-state index contributed by atoms with van der Waals surface area (Å²) in [5, 5.41) is 5.44. The third-order valence-electron chi connectivity index (χ3n) is 3.46. The van der Waals surface area contributed by atoms with E-state index in [4.69, 9.17) is 11.6 Å². The minimum atomic E-state index is 0.542. The van der Waals surface area contributed by atoms with Gasteiger partial charge in [-0.25, -0.2) is 0 Å². The zero-order chi connectivity index (χ0) is 13.1. The number of rotatable bonds is 4. The molecule has 0 N–H and O–H groups in total. The number of hydrogen-bond acceptors (Lipinski definition) is 3. The second-order valence-electron chi connectivity index (χ2n) is 5.05. The molecule has 18 heavy (non-hydrogen) atoms. The van der Waals surface area contributed by atoms with Gasteiger partial charge in [0.1, 0.15) is 0 Å². The van der Waals surface area contributed by atoms with Gasteiger partial charge >= 0.3 is 0 Å². The van der Waals surface area contributed by atoms with E-state index in [1.165, 1.54) is 0 Å². The monoisotopic (exact) mass is 268 g/mol. The average Bonchev–Trinajstić information content (AvgIpc) is 2.54. The van der Waals surface area contributed by atoms with Gasteiger partial charge in [0, 0.05) is 38.6 Å². The van der Waals surface area contributed by atoms with Crippen molar-refractivity contribution >= 4 is 18.3 Å². The van der Waals surface area contributed by atoms with Crippen LogP contribution in [0.3, 0.4) is 0 Å². The number of nitrogens with zero attached hydrogens (tertiary/aromatic N) is 4. The van der Waals surface area contributed by atoms with Crippen molar-refractivity contribution in [3.8, 4) is 0 Å². The summed E-state index contributed by atoms with van der Waals surface area (Å²) in [4.78, 5) is 6.32. The van der Waals surface area contributed by atoms with E-state index in [1.54, 1.807) is 0 Å². The molecule has 1 aliphatic rings. The molecule has 0 radical (unpaired) electrons. The maximum Gasteiger partial charge on any atom is 0.0864 e. The molecule has 0 bridgehead atoms. The molecule has 0 amide bonds. The van der Waals surface area contributed by atoms with Gasteiger partial charge in [0.25, 0.3) is 0 Å². The quantitative estimate of drug-likeness (QED) is 0.786. The lowest BCUT2D eigenvalue weighted by atomic mass is 10.2. The molecule has 4 nitrogen and oxygen atoms in total. The van der Waals surface area contributed by atoms with E-state index in [0.29, 0.717) is 12.6 Å². The number of aromatic nitrogens is 2. The molecule has 0 unspecified atom stereocenters. The highest BCUT2D eigenvalue weighted by atomic mass is 35.5. The number of fused-ring (bicyclic) bond motifs is 1. The topological polar surface area (TPSA) is 33.4 Å². The molecule has 5 heteroatoms. The Hall–Kier alpha value is -0.870. The molecule has 0 atom stereocenters. The van der Waals surface area contributed by atoms with Crippen molar-refractivity contribution in [1.82, 2.24) is 14.7 Å². The summed E-state index contributed by atoms with van der Waals surface area (Å²) in [5.74, 6) is 0. The van der Waals surface area contributed by atoms with Gasteiger partial charge in [-0.05, 0) is 27.0 Å². The Morgan fingerprint density at radius 3 is 2.89 bits per heavy atom. The van der Waals surface area contributed by atoms with E-state index in [-0.39, 0.29) is 0 Å². The highest BCUT2D eigenvalue weighted by Gasteiger charge is 2.22. The normalized spacial score (nSPS) is 16.7. The lowest BCUT2D eigenvalue weighted by Crippen LogP contribution is -2.30. The van der Waals surface area contributed by atoms with Crippen molar-refractivity contribution in [1.29, 1.82) is 0 Å². The van der Waals surface area contributed by atoms with Gasteiger partial charge in [0.15, 0.2) is 0 Å². The fraction of sp³-hybridized carbons (Fsp3) is 0.692. The predicted molar refractivity (Wildman–Crippen MR) is 75.5 cm³/mol. The first-order valence-corrected chi connectivity index (χ1v) is 6.92. The zero-order valence-electron chi connectivity index (χ0n) is 11.2. The van der Waals surface area contributed by atoms with Crippen molar-refractivity contribution in [2.75, 3.05) is 13.1 Å². The Kier molecular flexibility index (Phi) is 4.40. The van der Waals surface area contributed by atoms with Crippen LogP contribution >= 0.6 is 11.6 Å². The van der Waals surface area contributed by atoms with E-state index in [1.807, 2.05) is 0 Å². The Bertz CT molecular complexity index is 425. The second-order valence-corrected chi connectivity index (χ2v) is 5.42. The highest BCUT2D eigenvalue weighted by Crippen LogP contribution is 2.26. The van der Waals surface area contributed by atoms with Crippen molar-refractivity contribution in [3.63, 3.8) is 0 Å². The zero-order valence-corrected chi connectivity index (χ0v) is 11.9. The lowest BCUT2D eigenvalue weighted by Gasteiger charge is -2.23. The van der Waals surface area contributed by atoms with Gasteiger partial charge < -0.3 is 4.99 Å². The fourth-order valence-electron chi connectivity index (χ4n) is 2.35. The van der Waals surface area contributed by atoms with Crippen molar-refractivity contribution in [2.45, 2.75) is 45.8 Å². The summed E-state index contributed by atoms with van der Waals surface area (Å²) in [6.07, 6.45) is 1.91. The van der Waals surface area contributed by atoms with Crippen LogP contribution in [-0.4, -0.2) is 40.5 Å². The van der Waals surface area contributed by atoms with Crippen LogP contribution < -0.4 is 0 Å². The third kappa shape index (κ3) is 2.75. The van der Waals surface area contributed by atoms with Crippen LogP contribution in [-0.2, 0) is 19.5 Å². The molecule has 1 aliphatic heterocycles. The van der Waals surface area contributed by atoms with E-state index < -0.39 is 0 Å². The largest absolute Gasteiger partial charge is 0.301 e. The van der Waals surface area contributed by atoms with Gasteiger partial charge in [-0.2, -0.15) is 5.10 Å². The van der Waals surface area contributed by atoms with E-state index in [2.05, 4.69) is 40.2 Å². The third-order valence-corrected chi connectivity index (χ3v) is 3.90. The number of hydrogen-bond donors (Lipinski definition) is 0. The average molecular weight is 269 g/mol. The minimum Gasteiger partial charge on any atom is -0.301 e. The molecule has 0 aliphatic carbocycles. The van der Waals surface area contributed by atoms with Crippen LogP contribution in [0.5, 0.6) is 0 Å². The van der Waals surface area contributed by atoms with E-state index >= 15 is 0 Å². The van der Waals surface area contributed by atoms with Crippen molar-refractivity contribution in [2.24, 2.45) is 4.99 Å². The fourth-order valence-corrected chi connectivity index (χ4v) is 2.64. The smallest absolute Gasteiger partial charge is 0.0864 e. The lowest BCUT2D eigenvalue weighted by molar-refractivity contribution is 0.216. The van der Waals surface area contributed by atoms with E-state index in [9.17, 15) is 0 Å². The molecule has 1 aromatic rings. The Labute approximate surface area is 114 Å². The molecule has 0 aromatic carbocycles. The van der Waals surface area contributed by atoms with E-state index in [0.717, 1.165) is 48.9 Å². The summed E-state index contributed by atoms with van der Waals surface area (Å²) in [7, 11) is 0. The standard InChI is InChI=1S/C13H21ClN4/c1-10(2)17-7-4-8-18-12(9-17)13(14)11(16-18)5-6-15-3/h10H,3-9H2,1-2H3. The molecular weight excluding hydrogens is 248 g/mol. The van der Waals surface area contributed by atoms with Crippen LogP contribution in [0.25, 0.3) is 0 Å². The first kappa shape index (κ1) is 13.6. The predicted octanol–water partition coefficient (Wildman–Crippen LogP) is 2.39. The van der Waals surface area contributed by atoms with Gasteiger partial charge in [-0.15, -0.1) is 0 Å². The molecule has 0 saturated carbocycles. The summed E-state index contributed by atoms with van der Waals surface area (Å²) < 4.78 is 2.07. The van der Waals surface area contributed by atoms with Crippen LogP contribution in [0.2, 0.25) is 5.02 Å². The summed E-state index contributed by atoms with van der Waals surface area (Å²) in [6, 6.07) is 0.542. The maximum absolute atomic E-state index is 6.45. The number of aliphatic imine (C=N–C) groups is 1. The molecule has 100 valence electrons. The van der Waals surface area contributed by atoms with Gasteiger partial charge in [0.05, 0.1) is 16.4 Å². The highest BCUT2D eigenvalue weighted by molar-refractivity contribution is 6.31. The number of aryl methyl sites for hydroxylation is 1. The Morgan fingerprint density at radius 1 is 1.44 bits per heavy atom. The Morgan fingerprint density at radius 2 is 2.22 bits per heavy atom. The molecule has 0 spiro atoms. The van der Waals surface area contributed by atoms with Gasteiger partial charge in [-0.3, -0.25) is 9.58 Å². The molecule has 0 saturated heterocycles. The summed E-state index contributed by atoms with van der Waals surface area (Å²) >= 11 is 6.45. The molecule has 0 fully saturated rings. The van der Waals surface area contributed by atoms with Gasteiger partial charge in [0.2, 0.25) is 0 Å².